The lowest BCUT2D eigenvalue weighted by Gasteiger charge is -2.26. The largest absolute Gasteiger partial charge is 0.493 e. The monoisotopic (exact) mass is 381 g/mol. The predicted octanol–water partition coefficient (Wildman–Crippen LogP) is 4.72. The maximum atomic E-state index is 10.7. The van der Waals surface area contributed by atoms with E-state index >= 15 is 0 Å². The molecule has 0 saturated heterocycles. The number of rotatable bonds is 8. The van der Waals surface area contributed by atoms with Gasteiger partial charge in [-0.3, -0.25) is 4.79 Å². The van der Waals surface area contributed by atoms with Crippen molar-refractivity contribution in [2.45, 2.75) is 32.1 Å². The van der Waals surface area contributed by atoms with Gasteiger partial charge in [0.1, 0.15) is 5.75 Å². The Morgan fingerprint density at radius 1 is 1.07 bits per heavy atom. The van der Waals surface area contributed by atoms with Crippen LogP contribution in [-0.4, -0.2) is 22.7 Å². The van der Waals surface area contributed by atoms with Crippen molar-refractivity contribution in [1.82, 2.24) is 4.98 Å². The molecule has 3 rings (SSSR count). The first-order valence-electron chi connectivity index (χ1n) is 8.89. The van der Waals surface area contributed by atoms with E-state index in [1.54, 1.807) is 5.38 Å². The normalized spacial score (nSPS) is 11.3. The molecule has 0 aliphatic rings. The Labute approximate surface area is 163 Å². The van der Waals surface area contributed by atoms with Crippen LogP contribution in [0, 0.1) is 0 Å². The number of ether oxygens (including phenoxy) is 1. The number of hydrogen-bond donors (Lipinski definition) is 1. The highest BCUT2D eigenvalue weighted by atomic mass is 32.1. The maximum absolute atomic E-state index is 10.7. The number of nitrogens with zero attached hydrogens (tertiary/aromatic N) is 1. The number of aliphatic carboxylic acids is 1. The molecule has 140 valence electrons. The summed E-state index contributed by atoms with van der Waals surface area (Å²) in [7, 11) is 0. The van der Waals surface area contributed by atoms with Crippen molar-refractivity contribution < 1.29 is 14.6 Å². The first-order valence-corrected chi connectivity index (χ1v) is 9.77. The standard InChI is InChI=1S/C22H23NO3S/c1-22(2,16-6-4-3-5-7-16)17-8-10-19(11-9-17)26-13-12-20-23-18(15-27-20)14-21(24)25/h3-11,15H,12-14H2,1-2H3,(H,24,25). The van der Waals surface area contributed by atoms with E-state index in [1.165, 1.54) is 22.5 Å². The van der Waals surface area contributed by atoms with E-state index in [0.717, 1.165) is 10.8 Å². The zero-order valence-electron chi connectivity index (χ0n) is 15.5. The Hall–Kier alpha value is -2.66. The molecule has 0 fully saturated rings. The van der Waals surface area contributed by atoms with Crippen molar-refractivity contribution in [2.24, 2.45) is 0 Å². The lowest BCUT2D eigenvalue weighted by molar-refractivity contribution is -0.136. The van der Waals surface area contributed by atoms with Gasteiger partial charge < -0.3 is 9.84 Å². The molecule has 0 amide bonds. The third-order valence-corrected chi connectivity index (χ3v) is 5.55. The summed E-state index contributed by atoms with van der Waals surface area (Å²) in [5.41, 5.74) is 3.05. The van der Waals surface area contributed by atoms with Crippen molar-refractivity contribution in [3.8, 4) is 5.75 Å². The summed E-state index contributed by atoms with van der Waals surface area (Å²) in [6, 6.07) is 18.7. The van der Waals surface area contributed by atoms with Gasteiger partial charge in [0.2, 0.25) is 0 Å². The summed E-state index contributed by atoms with van der Waals surface area (Å²) < 4.78 is 5.82. The van der Waals surface area contributed by atoms with Gasteiger partial charge in [-0.2, -0.15) is 0 Å². The number of aromatic nitrogens is 1. The lowest BCUT2D eigenvalue weighted by Crippen LogP contribution is -2.18. The highest BCUT2D eigenvalue weighted by Gasteiger charge is 2.22. The molecule has 5 heteroatoms. The molecule has 0 bridgehead atoms. The van der Waals surface area contributed by atoms with Gasteiger partial charge in [0.05, 0.1) is 23.7 Å². The third kappa shape index (κ3) is 4.95. The quantitative estimate of drug-likeness (QED) is 0.613. The Balaban J connectivity index is 1.56. The van der Waals surface area contributed by atoms with Gasteiger partial charge in [0, 0.05) is 17.2 Å². The van der Waals surface area contributed by atoms with Crippen LogP contribution in [0.5, 0.6) is 5.75 Å². The molecule has 3 aromatic rings. The summed E-state index contributed by atoms with van der Waals surface area (Å²) in [4.78, 5) is 15.0. The molecular weight excluding hydrogens is 358 g/mol. The number of carboxylic acids is 1. The minimum Gasteiger partial charge on any atom is -0.493 e. The van der Waals surface area contributed by atoms with E-state index in [-0.39, 0.29) is 11.8 Å². The van der Waals surface area contributed by atoms with Gasteiger partial charge in [-0.25, -0.2) is 4.98 Å². The third-order valence-electron chi connectivity index (χ3n) is 4.59. The van der Waals surface area contributed by atoms with Crippen LogP contribution in [0.4, 0.5) is 0 Å². The summed E-state index contributed by atoms with van der Waals surface area (Å²) in [5, 5.41) is 11.5. The second kappa shape index (κ2) is 8.35. The van der Waals surface area contributed by atoms with Crippen LogP contribution < -0.4 is 4.74 Å². The fourth-order valence-corrected chi connectivity index (χ4v) is 3.72. The van der Waals surface area contributed by atoms with Crippen LogP contribution in [-0.2, 0) is 23.1 Å². The maximum Gasteiger partial charge on any atom is 0.309 e. The van der Waals surface area contributed by atoms with Crippen LogP contribution >= 0.6 is 11.3 Å². The van der Waals surface area contributed by atoms with Gasteiger partial charge in [0.25, 0.3) is 0 Å². The van der Waals surface area contributed by atoms with Gasteiger partial charge in [0.15, 0.2) is 0 Å². The molecule has 4 nitrogen and oxygen atoms in total. The number of hydrogen-bond acceptors (Lipinski definition) is 4. The molecule has 1 heterocycles. The molecule has 0 atom stereocenters. The van der Waals surface area contributed by atoms with Crippen LogP contribution in [0.25, 0.3) is 0 Å². The Bertz CT molecular complexity index is 885. The Kier molecular flexibility index (Phi) is 5.91. The van der Waals surface area contributed by atoms with Crippen LogP contribution in [0.3, 0.4) is 0 Å². The van der Waals surface area contributed by atoms with Gasteiger partial charge in [-0.05, 0) is 23.3 Å². The summed E-state index contributed by atoms with van der Waals surface area (Å²) in [6.45, 7) is 4.95. The smallest absolute Gasteiger partial charge is 0.309 e. The molecule has 1 aromatic heterocycles. The molecule has 0 aliphatic heterocycles. The first-order chi connectivity index (χ1) is 12.9. The average Bonchev–Trinajstić information content (AvgIpc) is 3.09. The average molecular weight is 381 g/mol. The minimum atomic E-state index is -0.860. The van der Waals surface area contributed by atoms with Crippen molar-refractivity contribution in [1.29, 1.82) is 0 Å². The van der Waals surface area contributed by atoms with Gasteiger partial charge in [-0.1, -0.05) is 56.3 Å². The molecule has 27 heavy (non-hydrogen) atoms. The molecule has 0 spiro atoms. The van der Waals surface area contributed by atoms with Crippen molar-refractivity contribution in [2.75, 3.05) is 6.61 Å². The van der Waals surface area contributed by atoms with Crippen LogP contribution in [0.1, 0.15) is 35.7 Å². The molecular formula is C22H23NO3S. The molecule has 2 aromatic carbocycles. The Morgan fingerprint density at radius 2 is 1.74 bits per heavy atom. The zero-order chi connectivity index (χ0) is 19.3. The van der Waals surface area contributed by atoms with Gasteiger partial charge >= 0.3 is 5.97 Å². The number of thiazole rings is 1. The summed E-state index contributed by atoms with van der Waals surface area (Å²) in [5.74, 6) is -0.0356. The molecule has 0 unspecified atom stereocenters. The van der Waals surface area contributed by atoms with E-state index < -0.39 is 5.97 Å². The molecule has 0 saturated carbocycles. The van der Waals surface area contributed by atoms with Crippen molar-refractivity contribution in [3.63, 3.8) is 0 Å². The predicted molar refractivity (Wildman–Crippen MR) is 108 cm³/mol. The van der Waals surface area contributed by atoms with E-state index in [9.17, 15) is 4.79 Å². The number of benzene rings is 2. The highest BCUT2D eigenvalue weighted by Crippen LogP contribution is 2.32. The molecule has 1 N–H and O–H groups in total. The van der Waals surface area contributed by atoms with E-state index in [2.05, 4.69) is 55.2 Å². The molecule has 0 radical (unpaired) electrons. The van der Waals surface area contributed by atoms with E-state index in [0.29, 0.717) is 18.7 Å². The first kappa shape index (κ1) is 19.1. The van der Waals surface area contributed by atoms with E-state index in [1.807, 2.05) is 18.2 Å². The van der Waals surface area contributed by atoms with Crippen LogP contribution in [0.2, 0.25) is 0 Å². The fraction of sp³-hybridized carbons (Fsp3) is 0.273. The molecule has 0 aliphatic carbocycles. The fourth-order valence-electron chi connectivity index (χ4n) is 2.95. The summed E-state index contributed by atoms with van der Waals surface area (Å²) in [6.07, 6.45) is 0.636. The second-order valence-electron chi connectivity index (χ2n) is 6.92. The van der Waals surface area contributed by atoms with Crippen molar-refractivity contribution in [3.05, 3.63) is 81.8 Å². The Morgan fingerprint density at radius 3 is 2.41 bits per heavy atom. The lowest BCUT2D eigenvalue weighted by atomic mass is 9.78. The van der Waals surface area contributed by atoms with E-state index in [4.69, 9.17) is 9.84 Å². The van der Waals surface area contributed by atoms with Gasteiger partial charge in [-0.15, -0.1) is 11.3 Å². The number of carbonyl (C=O) groups is 1. The minimum absolute atomic E-state index is 0.0317. The summed E-state index contributed by atoms with van der Waals surface area (Å²) >= 11 is 1.48. The second-order valence-corrected chi connectivity index (χ2v) is 7.86. The topological polar surface area (TPSA) is 59.4 Å². The highest BCUT2D eigenvalue weighted by molar-refractivity contribution is 7.09. The SMILES string of the molecule is CC(C)(c1ccccc1)c1ccc(OCCc2nc(CC(=O)O)cs2)cc1. The van der Waals surface area contributed by atoms with Crippen molar-refractivity contribution >= 4 is 17.3 Å². The van der Waals surface area contributed by atoms with Crippen LogP contribution in [0.15, 0.2) is 60.0 Å². The number of carboxylic acid groups (broad SMARTS) is 1. The zero-order valence-corrected chi connectivity index (χ0v) is 16.3.